The molecule has 4 rings (SSSR count). The van der Waals surface area contributed by atoms with Crippen molar-refractivity contribution < 1.29 is 23.9 Å². The smallest absolute Gasteiger partial charge is 0.315 e. The summed E-state index contributed by atoms with van der Waals surface area (Å²) in [6, 6.07) is 26.0. The molecular weight excluding hydrogens is 454 g/mol. The lowest BCUT2D eigenvalue weighted by atomic mass is 9.98. The lowest BCUT2D eigenvalue weighted by Crippen LogP contribution is -2.31. The number of benzene rings is 3. The standard InChI is InChI=1S/C30H31NO5/c1-21(17-23(32)16-15-22-9-3-2-4-10-22)36-20-31-29(33)18-30(34)35-19-28-26-13-7-5-11-24(26)25-12-6-8-14-27(25)28/h2-14,21,28H,15-20H2,1H3,(H,31,33)/t21-/m1/s1. The molecule has 1 amide bonds. The molecule has 1 aliphatic carbocycles. The van der Waals surface area contributed by atoms with Gasteiger partial charge in [-0.15, -0.1) is 0 Å². The molecule has 1 aliphatic rings. The molecule has 6 nitrogen and oxygen atoms in total. The van der Waals surface area contributed by atoms with E-state index >= 15 is 0 Å². The Morgan fingerprint density at radius 1 is 0.861 bits per heavy atom. The monoisotopic (exact) mass is 485 g/mol. The molecule has 3 aromatic carbocycles. The lowest BCUT2D eigenvalue weighted by Gasteiger charge is -2.15. The molecule has 0 aromatic heterocycles. The van der Waals surface area contributed by atoms with Crippen LogP contribution in [0.3, 0.4) is 0 Å². The third-order valence-corrected chi connectivity index (χ3v) is 6.37. The van der Waals surface area contributed by atoms with Crippen molar-refractivity contribution in [3.63, 3.8) is 0 Å². The first-order valence-corrected chi connectivity index (χ1v) is 12.3. The zero-order chi connectivity index (χ0) is 25.3. The highest BCUT2D eigenvalue weighted by Crippen LogP contribution is 2.44. The number of aryl methyl sites for hydroxylation is 1. The Balaban J connectivity index is 1.15. The highest BCUT2D eigenvalue weighted by atomic mass is 16.5. The first kappa shape index (κ1) is 25.3. The van der Waals surface area contributed by atoms with Gasteiger partial charge < -0.3 is 14.8 Å². The fourth-order valence-electron chi connectivity index (χ4n) is 4.53. The molecule has 1 atom stereocenters. The number of carbonyl (C=O) groups excluding carboxylic acids is 3. The van der Waals surface area contributed by atoms with E-state index in [1.54, 1.807) is 6.92 Å². The van der Waals surface area contributed by atoms with Crippen molar-refractivity contribution in [1.82, 2.24) is 5.32 Å². The normalized spacial score (nSPS) is 12.9. The Morgan fingerprint density at radius 3 is 2.14 bits per heavy atom. The second kappa shape index (κ2) is 12.3. The summed E-state index contributed by atoms with van der Waals surface area (Å²) in [4.78, 5) is 36.6. The van der Waals surface area contributed by atoms with Gasteiger partial charge in [0.05, 0.1) is 6.10 Å². The van der Waals surface area contributed by atoms with Crippen LogP contribution in [0.4, 0.5) is 0 Å². The minimum atomic E-state index is -0.585. The van der Waals surface area contributed by atoms with E-state index in [4.69, 9.17) is 9.47 Å². The van der Waals surface area contributed by atoms with Crippen LogP contribution in [0.15, 0.2) is 78.9 Å². The maximum Gasteiger partial charge on any atom is 0.315 e. The van der Waals surface area contributed by atoms with Crippen molar-refractivity contribution in [2.24, 2.45) is 0 Å². The summed E-state index contributed by atoms with van der Waals surface area (Å²) in [5.41, 5.74) is 5.67. The highest BCUT2D eigenvalue weighted by Gasteiger charge is 2.29. The zero-order valence-corrected chi connectivity index (χ0v) is 20.4. The average molecular weight is 486 g/mol. The number of fused-ring (bicyclic) bond motifs is 3. The molecule has 36 heavy (non-hydrogen) atoms. The van der Waals surface area contributed by atoms with Crippen molar-refractivity contribution in [3.05, 3.63) is 95.6 Å². The summed E-state index contributed by atoms with van der Waals surface area (Å²) in [6.45, 7) is 1.90. The topological polar surface area (TPSA) is 81.7 Å². The van der Waals surface area contributed by atoms with Crippen LogP contribution in [-0.2, 0) is 30.3 Å². The minimum Gasteiger partial charge on any atom is -0.464 e. The van der Waals surface area contributed by atoms with E-state index in [9.17, 15) is 14.4 Å². The molecule has 0 fully saturated rings. The second-order valence-corrected chi connectivity index (χ2v) is 9.04. The molecule has 0 aliphatic heterocycles. The van der Waals surface area contributed by atoms with Crippen molar-refractivity contribution >= 4 is 17.7 Å². The number of esters is 1. The minimum absolute atomic E-state index is 0.0481. The number of ether oxygens (including phenoxy) is 2. The van der Waals surface area contributed by atoms with Crippen LogP contribution in [0.25, 0.3) is 11.1 Å². The molecule has 6 heteroatoms. The van der Waals surface area contributed by atoms with Crippen molar-refractivity contribution in [2.45, 2.75) is 44.6 Å². The number of Topliss-reactive ketones (excluding diaryl/α,β-unsaturated/α-hetero) is 1. The van der Waals surface area contributed by atoms with Gasteiger partial charge in [-0.1, -0.05) is 78.9 Å². The predicted octanol–water partition coefficient (Wildman–Crippen LogP) is 4.80. The number of rotatable bonds is 12. The summed E-state index contributed by atoms with van der Waals surface area (Å²) in [6.07, 6.45) is 0.705. The summed E-state index contributed by atoms with van der Waals surface area (Å²) in [5.74, 6) is -1.00. The molecule has 0 radical (unpaired) electrons. The summed E-state index contributed by atoms with van der Waals surface area (Å²) in [7, 11) is 0. The number of amides is 1. The number of hydrogen-bond acceptors (Lipinski definition) is 5. The predicted molar refractivity (Wildman–Crippen MR) is 137 cm³/mol. The fraction of sp³-hybridized carbons (Fsp3) is 0.300. The number of hydrogen-bond donors (Lipinski definition) is 1. The van der Waals surface area contributed by atoms with Gasteiger partial charge in [0.15, 0.2) is 0 Å². The maximum atomic E-state index is 12.3. The van der Waals surface area contributed by atoms with Crippen LogP contribution in [0.5, 0.6) is 0 Å². The molecule has 186 valence electrons. The Kier molecular flexibility index (Phi) is 8.63. The van der Waals surface area contributed by atoms with Gasteiger partial charge in [-0.05, 0) is 41.2 Å². The Morgan fingerprint density at radius 2 is 1.47 bits per heavy atom. The van der Waals surface area contributed by atoms with Gasteiger partial charge in [-0.3, -0.25) is 14.4 Å². The maximum absolute atomic E-state index is 12.3. The van der Waals surface area contributed by atoms with E-state index in [1.807, 2.05) is 66.7 Å². The molecule has 0 heterocycles. The quantitative estimate of drug-likeness (QED) is 0.226. The summed E-state index contributed by atoms with van der Waals surface area (Å²) in [5, 5.41) is 2.56. The number of nitrogens with one attached hydrogen (secondary N) is 1. The van der Waals surface area contributed by atoms with Gasteiger partial charge in [-0.25, -0.2) is 0 Å². The third-order valence-electron chi connectivity index (χ3n) is 6.37. The van der Waals surface area contributed by atoms with Gasteiger partial charge in [0.25, 0.3) is 0 Å². The van der Waals surface area contributed by atoms with Crippen molar-refractivity contribution in [3.8, 4) is 11.1 Å². The molecule has 0 spiro atoms. The van der Waals surface area contributed by atoms with Gasteiger partial charge in [-0.2, -0.15) is 0 Å². The first-order chi connectivity index (χ1) is 17.5. The molecule has 1 N–H and O–H groups in total. The SMILES string of the molecule is C[C@H](CC(=O)CCc1ccccc1)OCNC(=O)CC(=O)OCC1c2ccccc2-c2ccccc21. The third kappa shape index (κ3) is 6.67. The lowest BCUT2D eigenvalue weighted by molar-refractivity contribution is -0.147. The summed E-state index contributed by atoms with van der Waals surface area (Å²) < 4.78 is 11.0. The van der Waals surface area contributed by atoms with Crippen molar-refractivity contribution in [1.29, 1.82) is 0 Å². The fourth-order valence-corrected chi connectivity index (χ4v) is 4.53. The van der Waals surface area contributed by atoms with E-state index in [0.29, 0.717) is 12.8 Å². The van der Waals surface area contributed by atoms with Gasteiger partial charge in [0.1, 0.15) is 25.5 Å². The molecule has 0 saturated heterocycles. The van der Waals surface area contributed by atoms with E-state index in [0.717, 1.165) is 27.8 Å². The van der Waals surface area contributed by atoms with E-state index in [-0.39, 0.29) is 44.0 Å². The molecule has 0 saturated carbocycles. The molecule has 0 unspecified atom stereocenters. The zero-order valence-electron chi connectivity index (χ0n) is 20.4. The largest absolute Gasteiger partial charge is 0.464 e. The highest BCUT2D eigenvalue weighted by molar-refractivity contribution is 5.94. The van der Waals surface area contributed by atoms with E-state index in [1.165, 1.54) is 0 Å². The van der Waals surface area contributed by atoms with Crippen LogP contribution in [0, 0.1) is 0 Å². The Hall–Kier alpha value is -3.77. The van der Waals surface area contributed by atoms with E-state index in [2.05, 4.69) is 17.4 Å². The van der Waals surface area contributed by atoms with Crippen LogP contribution < -0.4 is 5.32 Å². The van der Waals surface area contributed by atoms with Gasteiger partial charge in [0.2, 0.25) is 5.91 Å². The number of ketones is 1. The van der Waals surface area contributed by atoms with E-state index < -0.39 is 11.9 Å². The Labute approximate surface area is 211 Å². The Bertz CT molecular complexity index is 1160. The van der Waals surface area contributed by atoms with Crippen LogP contribution in [-0.4, -0.2) is 37.1 Å². The van der Waals surface area contributed by atoms with Crippen LogP contribution in [0.2, 0.25) is 0 Å². The number of carbonyl (C=O) groups is 3. The second-order valence-electron chi connectivity index (χ2n) is 9.04. The average Bonchev–Trinajstić information content (AvgIpc) is 3.20. The molecule has 0 bridgehead atoms. The van der Waals surface area contributed by atoms with Crippen molar-refractivity contribution in [2.75, 3.05) is 13.3 Å². The van der Waals surface area contributed by atoms with Crippen LogP contribution in [0.1, 0.15) is 48.8 Å². The summed E-state index contributed by atoms with van der Waals surface area (Å²) >= 11 is 0. The first-order valence-electron chi connectivity index (χ1n) is 12.3. The van der Waals surface area contributed by atoms with Crippen LogP contribution >= 0.6 is 0 Å². The van der Waals surface area contributed by atoms with Gasteiger partial charge >= 0.3 is 5.97 Å². The van der Waals surface area contributed by atoms with Gasteiger partial charge in [0, 0.05) is 18.8 Å². The molecular formula is C30H31NO5. The molecule has 3 aromatic rings.